The van der Waals surface area contributed by atoms with Gasteiger partial charge in [-0.25, -0.2) is 14.4 Å². The second-order valence-corrected chi connectivity index (χ2v) is 8.03. The highest BCUT2D eigenvalue weighted by Gasteiger charge is 2.24. The number of hydrogen-bond acceptors (Lipinski definition) is 5. The summed E-state index contributed by atoms with van der Waals surface area (Å²) in [7, 11) is 0. The van der Waals surface area contributed by atoms with Crippen LogP contribution in [-0.2, 0) is 0 Å². The fraction of sp³-hybridized carbons (Fsp3) is 0.0769. The maximum Gasteiger partial charge on any atom is 0.261 e. The Hall–Kier alpha value is -4.59. The zero-order chi connectivity index (χ0) is 23.8. The van der Waals surface area contributed by atoms with Crippen molar-refractivity contribution in [1.29, 1.82) is 0 Å². The van der Waals surface area contributed by atoms with E-state index in [1.54, 1.807) is 12.1 Å². The third kappa shape index (κ3) is 3.86. The molecule has 0 fully saturated rings. The van der Waals surface area contributed by atoms with Crippen molar-refractivity contribution in [3.63, 3.8) is 0 Å². The normalized spacial score (nSPS) is 11.5. The highest BCUT2D eigenvalue weighted by Crippen LogP contribution is 2.29. The quantitative estimate of drug-likeness (QED) is 0.373. The molecule has 0 saturated heterocycles. The van der Waals surface area contributed by atoms with Crippen molar-refractivity contribution in [2.45, 2.75) is 13.8 Å². The van der Waals surface area contributed by atoms with Gasteiger partial charge in [0.2, 0.25) is 0 Å². The number of carbonyl (C=O) groups excluding carboxylic acids is 1. The number of rotatable bonds is 4. The fourth-order valence-electron chi connectivity index (χ4n) is 3.72. The van der Waals surface area contributed by atoms with Crippen LogP contribution in [0.15, 0.2) is 71.8 Å². The van der Waals surface area contributed by atoms with Gasteiger partial charge in [-0.3, -0.25) is 4.79 Å². The van der Waals surface area contributed by atoms with E-state index in [1.165, 1.54) is 23.0 Å². The molecular weight excluding hydrogens is 431 g/mol. The van der Waals surface area contributed by atoms with E-state index in [0.29, 0.717) is 33.4 Å². The van der Waals surface area contributed by atoms with Gasteiger partial charge in [0.25, 0.3) is 5.91 Å². The molecule has 0 aliphatic carbocycles. The second-order valence-electron chi connectivity index (χ2n) is 8.03. The average molecular weight is 452 g/mol. The number of aromatic nitrogens is 3. The molecule has 0 spiro atoms. The summed E-state index contributed by atoms with van der Waals surface area (Å²) in [5.74, 6) is -0.645. The molecule has 0 aliphatic rings. The monoisotopic (exact) mass is 452 g/mol. The van der Waals surface area contributed by atoms with E-state index >= 15 is 0 Å². The molecule has 3 N–H and O–H groups in total. The first-order valence-electron chi connectivity index (χ1n) is 10.7. The third-order valence-corrected chi connectivity index (χ3v) is 5.53. The molecule has 0 bridgehead atoms. The van der Waals surface area contributed by atoms with E-state index < -0.39 is 5.91 Å². The summed E-state index contributed by atoms with van der Waals surface area (Å²) in [6.45, 7) is 3.87. The van der Waals surface area contributed by atoms with Gasteiger partial charge in [0, 0.05) is 5.69 Å². The van der Waals surface area contributed by atoms with Crippen LogP contribution in [0.1, 0.15) is 27.0 Å². The molecule has 0 unspecified atom stereocenters. The predicted molar refractivity (Wildman–Crippen MR) is 133 cm³/mol. The number of para-hydroxylation sites is 2. The highest BCUT2D eigenvalue weighted by molar-refractivity contribution is 6.16. The van der Waals surface area contributed by atoms with Crippen LogP contribution < -0.4 is 11.1 Å². The standard InChI is InChI=1S/C26H21FN6O/c1-15-7-8-16(2)21(13-15)32-26(34)22-23-25(31-20-6-4-3-5-19(20)30-23)33(24(22)28)29-14-17-9-11-18(27)12-10-17/h3-14H,28H2,1-2H3,(H,32,34). The molecule has 7 nitrogen and oxygen atoms in total. The van der Waals surface area contributed by atoms with Gasteiger partial charge in [-0.1, -0.05) is 36.4 Å². The molecule has 0 saturated carbocycles. The molecule has 8 heteroatoms. The number of anilines is 2. The Morgan fingerprint density at radius 1 is 1.03 bits per heavy atom. The summed E-state index contributed by atoms with van der Waals surface area (Å²) in [6.07, 6.45) is 1.53. The second kappa shape index (κ2) is 8.40. The number of benzene rings is 3. The highest BCUT2D eigenvalue weighted by atomic mass is 19.1. The van der Waals surface area contributed by atoms with Gasteiger partial charge in [-0.05, 0) is 60.9 Å². The lowest BCUT2D eigenvalue weighted by Crippen LogP contribution is -2.15. The number of nitrogens with two attached hydrogens (primary N) is 1. The van der Waals surface area contributed by atoms with Gasteiger partial charge < -0.3 is 11.1 Å². The van der Waals surface area contributed by atoms with Crippen molar-refractivity contribution in [1.82, 2.24) is 14.6 Å². The maximum absolute atomic E-state index is 13.4. The van der Waals surface area contributed by atoms with Crippen molar-refractivity contribution in [2.75, 3.05) is 11.1 Å². The van der Waals surface area contributed by atoms with Crippen LogP contribution in [-0.4, -0.2) is 26.8 Å². The molecule has 1 amide bonds. The number of hydrogen-bond donors (Lipinski definition) is 2. The molecule has 3 aromatic carbocycles. The van der Waals surface area contributed by atoms with Crippen molar-refractivity contribution in [3.05, 3.63) is 94.8 Å². The molecule has 0 aliphatic heterocycles. The van der Waals surface area contributed by atoms with Crippen LogP contribution in [0.4, 0.5) is 15.9 Å². The molecular formula is C26H21FN6O. The van der Waals surface area contributed by atoms with Crippen LogP contribution in [0.25, 0.3) is 22.2 Å². The Kier molecular flexibility index (Phi) is 5.25. The summed E-state index contributed by atoms with van der Waals surface area (Å²) in [4.78, 5) is 22.8. The summed E-state index contributed by atoms with van der Waals surface area (Å²) in [5.41, 5.74) is 11.9. The van der Waals surface area contributed by atoms with Gasteiger partial charge in [0.05, 0.1) is 17.2 Å². The summed E-state index contributed by atoms with van der Waals surface area (Å²) in [6, 6.07) is 19.1. The third-order valence-electron chi connectivity index (χ3n) is 5.53. The molecule has 34 heavy (non-hydrogen) atoms. The Balaban J connectivity index is 1.66. The number of nitrogens with zero attached hydrogens (tertiary/aromatic N) is 4. The molecule has 0 atom stereocenters. The number of aryl methyl sites for hydroxylation is 2. The van der Waals surface area contributed by atoms with Crippen molar-refractivity contribution in [3.8, 4) is 0 Å². The number of amides is 1. The van der Waals surface area contributed by atoms with Crippen molar-refractivity contribution >= 4 is 45.8 Å². The minimum Gasteiger partial charge on any atom is -0.383 e. The summed E-state index contributed by atoms with van der Waals surface area (Å²) in [5, 5.41) is 7.39. The van der Waals surface area contributed by atoms with Gasteiger partial charge in [-0.2, -0.15) is 9.78 Å². The smallest absolute Gasteiger partial charge is 0.261 e. The first kappa shape index (κ1) is 21.3. The topological polar surface area (TPSA) is 98.2 Å². The number of halogens is 1. The van der Waals surface area contributed by atoms with Gasteiger partial charge in [-0.15, -0.1) is 0 Å². The SMILES string of the molecule is Cc1ccc(C)c(NC(=O)c2c(N)n(N=Cc3ccc(F)cc3)c3nc4ccccc4nc23)c1. The Labute approximate surface area is 194 Å². The number of carbonyl (C=O) groups is 1. The zero-order valence-electron chi connectivity index (χ0n) is 18.6. The molecule has 2 aromatic heterocycles. The van der Waals surface area contributed by atoms with E-state index in [0.717, 1.165) is 11.1 Å². The van der Waals surface area contributed by atoms with Crippen LogP contribution in [0.3, 0.4) is 0 Å². The predicted octanol–water partition coefficient (Wildman–Crippen LogP) is 5.06. The van der Waals surface area contributed by atoms with E-state index in [-0.39, 0.29) is 17.2 Å². The minimum absolute atomic E-state index is 0.103. The van der Waals surface area contributed by atoms with E-state index in [9.17, 15) is 9.18 Å². The zero-order valence-corrected chi connectivity index (χ0v) is 18.6. The van der Waals surface area contributed by atoms with Gasteiger partial charge in [0.15, 0.2) is 5.65 Å². The van der Waals surface area contributed by atoms with Gasteiger partial charge in [0.1, 0.15) is 22.7 Å². The molecule has 168 valence electrons. The first-order valence-corrected chi connectivity index (χ1v) is 10.7. The molecule has 2 heterocycles. The fourth-order valence-corrected chi connectivity index (χ4v) is 3.72. The van der Waals surface area contributed by atoms with E-state index in [2.05, 4.69) is 20.4 Å². The largest absolute Gasteiger partial charge is 0.383 e. The number of nitrogens with one attached hydrogen (secondary N) is 1. The van der Waals surface area contributed by atoms with Gasteiger partial charge >= 0.3 is 0 Å². The lowest BCUT2D eigenvalue weighted by Gasteiger charge is -2.09. The lowest BCUT2D eigenvalue weighted by atomic mass is 10.1. The summed E-state index contributed by atoms with van der Waals surface area (Å²) >= 11 is 0. The van der Waals surface area contributed by atoms with Crippen molar-refractivity contribution < 1.29 is 9.18 Å². The molecule has 5 rings (SSSR count). The number of fused-ring (bicyclic) bond motifs is 2. The van der Waals surface area contributed by atoms with E-state index in [1.807, 2.05) is 56.3 Å². The van der Waals surface area contributed by atoms with E-state index in [4.69, 9.17) is 5.73 Å². The Morgan fingerprint density at radius 2 is 1.74 bits per heavy atom. The van der Waals surface area contributed by atoms with Crippen LogP contribution in [0.2, 0.25) is 0 Å². The molecule has 5 aromatic rings. The van der Waals surface area contributed by atoms with Crippen molar-refractivity contribution in [2.24, 2.45) is 5.10 Å². The summed E-state index contributed by atoms with van der Waals surface area (Å²) < 4.78 is 14.6. The average Bonchev–Trinajstić information content (AvgIpc) is 3.09. The molecule has 0 radical (unpaired) electrons. The Bertz CT molecular complexity index is 1590. The van der Waals surface area contributed by atoms with Crippen LogP contribution >= 0.6 is 0 Å². The lowest BCUT2D eigenvalue weighted by molar-refractivity contribution is 0.102. The van der Waals surface area contributed by atoms with Crippen LogP contribution in [0, 0.1) is 19.7 Å². The van der Waals surface area contributed by atoms with Crippen LogP contribution in [0.5, 0.6) is 0 Å². The minimum atomic E-state index is -0.406. The number of nitrogen functional groups attached to an aromatic ring is 1. The first-order chi connectivity index (χ1) is 16.4. The maximum atomic E-state index is 13.4. The Morgan fingerprint density at radius 3 is 2.47 bits per heavy atom.